The zero-order valence-electron chi connectivity index (χ0n) is 16.1. The first kappa shape index (κ1) is 21.1. The van der Waals surface area contributed by atoms with Gasteiger partial charge < -0.3 is 5.73 Å². The number of carbonyl (C=O) groups is 2. The summed E-state index contributed by atoms with van der Waals surface area (Å²) in [7, 11) is 0. The van der Waals surface area contributed by atoms with E-state index in [2.05, 4.69) is 37.5 Å². The molecule has 3 rings (SSSR count). The largest absolute Gasteiger partial charge is 0.351 e. The summed E-state index contributed by atoms with van der Waals surface area (Å²) in [6, 6.07) is 13.1. The van der Waals surface area contributed by atoms with Gasteiger partial charge in [0.15, 0.2) is 11.0 Å². The molecule has 1 aromatic heterocycles. The number of nitrogens with zero attached hydrogens (tertiary/aromatic N) is 3. The van der Waals surface area contributed by atoms with Crippen molar-refractivity contribution in [3.8, 4) is 17.1 Å². The van der Waals surface area contributed by atoms with E-state index in [1.807, 2.05) is 54.8 Å². The van der Waals surface area contributed by atoms with Crippen molar-refractivity contribution < 1.29 is 9.59 Å². The standard InChI is InChI=1S/C20H20BrN5O2S/c1-11-8-12(2)10-16(9-11)26-17(14-4-6-15(21)7-5-14)24-25-20(26)29-13(3)18(27)23-19(22)28/h4-10,13H,1-3H3,(H3,22,23,27,28). The van der Waals surface area contributed by atoms with Crippen LogP contribution < -0.4 is 11.1 Å². The Hall–Kier alpha value is -2.65. The van der Waals surface area contributed by atoms with Crippen molar-refractivity contribution in [1.82, 2.24) is 20.1 Å². The fourth-order valence-corrected chi connectivity index (χ4v) is 4.01. The van der Waals surface area contributed by atoms with Gasteiger partial charge in [-0.05, 0) is 56.2 Å². The highest BCUT2D eigenvalue weighted by Gasteiger charge is 2.22. The molecule has 1 atom stereocenters. The highest BCUT2D eigenvalue weighted by Crippen LogP contribution is 2.31. The van der Waals surface area contributed by atoms with Gasteiger partial charge in [-0.2, -0.15) is 0 Å². The van der Waals surface area contributed by atoms with Crippen molar-refractivity contribution in [2.75, 3.05) is 0 Å². The van der Waals surface area contributed by atoms with Crippen molar-refractivity contribution >= 4 is 39.6 Å². The van der Waals surface area contributed by atoms with Crippen LogP contribution in [0.2, 0.25) is 0 Å². The molecule has 9 heteroatoms. The van der Waals surface area contributed by atoms with Gasteiger partial charge in [-0.3, -0.25) is 14.7 Å². The number of nitrogens with two attached hydrogens (primary N) is 1. The van der Waals surface area contributed by atoms with Crippen molar-refractivity contribution in [2.24, 2.45) is 5.73 Å². The summed E-state index contributed by atoms with van der Waals surface area (Å²) in [5.41, 5.74) is 9.05. The Bertz CT molecular complexity index is 1040. The molecule has 3 aromatic rings. The van der Waals surface area contributed by atoms with Crippen LogP contribution in [0.5, 0.6) is 0 Å². The molecule has 0 bridgehead atoms. The van der Waals surface area contributed by atoms with E-state index < -0.39 is 17.2 Å². The zero-order chi connectivity index (χ0) is 21.1. The Balaban J connectivity index is 2.08. The molecule has 0 aliphatic heterocycles. The van der Waals surface area contributed by atoms with Crippen LogP contribution >= 0.6 is 27.7 Å². The molecule has 7 nitrogen and oxygen atoms in total. The molecule has 2 aromatic carbocycles. The molecule has 0 spiro atoms. The van der Waals surface area contributed by atoms with Crippen molar-refractivity contribution in [3.05, 3.63) is 58.1 Å². The summed E-state index contributed by atoms with van der Waals surface area (Å²) in [6.45, 7) is 5.73. The van der Waals surface area contributed by atoms with Crippen LogP contribution in [0.4, 0.5) is 4.79 Å². The Labute approximate surface area is 181 Å². The number of thioether (sulfide) groups is 1. The summed E-state index contributed by atoms with van der Waals surface area (Å²) in [4.78, 5) is 23.1. The summed E-state index contributed by atoms with van der Waals surface area (Å²) >= 11 is 4.65. The first-order valence-corrected chi connectivity index (χ1v) is 10.5. The number of halogens is 1. The predicted octanol–water partition coefficient (Wildman–Crippen LogP) is 3.99. The number of benzene rings is 2. The molecular weight excluding hydrogens is 454 g/mol. The van der Waals surface area contributed by atoms with Gasteiger partial charge in [-0.15, -0.1) is 10.2 Å². The van der Waals surface area contributed by atoms with E-state index in [0.717, 1.165) is 26.9 Å². The van der Waals surface area contributed by atoms with E-state index >= 15 is 0 Å². The summed E-state index contributed by atoms with van der Waals surface area (Å²) in [5, 5.41) is 10.8. The summed E-state index contributed by atoms with van der Waals surface area (Å²) < 4.78 is 2.88. The molecule has 0 saturated heterocycles. The molecular formula is C20H20BrN5O2S. The summed E-state index contributed by atoms with van der Waals surface area (Å²) in [6.07, 6.45) is 0. The molecule has 1 unspecified atom stereocenters. The Morgan fingerprint density at radius 2 is 1.72 bits per heavy atom. The first-order chi connectivity index (χ1) is 13.7. The van der Waals surface area contributed by atoms with Gasteiger partial charge in [0.25, 0.3) is 0 Å². The van der Waals surface area contributed by atoms with Gasteiger partial charge in [-0.25, -0.2) is 4.79 Å². The second-order valence-corrected chi connectivity index (χ2v) is 8.83. The monoisotopic (exact) mass is 473 g/mol. The number of imide groups is 1. The second kappa shape index (κ2) is 8.79. The molecule has 0 saturated carbocycles. The smallest absolute Gasteiger partial charge is 0.318 e. The topological polar surface area (TPSA) is 103 Å². The van der Waals surface area contributed by atoms with E-state index in [-0.39, 0.29) is 0 Å². The number of nitrogens with one attached hydrogen (secondary N) is 1. The molecule has 0 aliphatic rings. The highest BCUT2D eigenvalue weighted by atomic mass is 79.9. The number of aromatic nitrogens is 3. The van der Waals surface area contributed by atoms with Crippen LogP contribution in [-0.4, -0.2) is 32.0 Å². The maximum atomic E-state index is 12.1. The van der Waals surface area contributed by atoms with Crippen LogP contribution in [0.15, 0.2) is 52.1 Å². The van der Waals surface area contributed by atoms with E-state index in [1.54, 1.807) is 6.92 Å². The molecule has 1 heterocycles. The lowest BCUT2D eigenvalue weighted by molar-refractivity contribution is -0.119. The van der Waals surface area contributed by atoms with Gasteiger partial charge in [0.05, 0.1) is 10.9 Å². The van der Waals surface area contributed by atoms with E-state index in [0.29, 0.717) is 11.0 Å². The van der Waals surface area contributed by atoms with E-state index in [1.165, 1.54) is 11.8 Å². The summed E-state index contributed by atoms with van der Waals surface area (Å²) in [5.74, 6) is 0.176. The fraction of sp³-hybridized carbons (Fsp3) is 0.200. The lowest BCUT2D eigenvalue weighted by Crippen LogP contribution is -2.39. The van der Waals surface area contributed by atoms with Crippen LogP contribution in [0, 0.1) is 13.8 Å². The highest BCUT2D eigenvalue weighted by molar-refractivity contribution is 9.10. The van der Waals surface area contributed by atoms with Crippen LogP contribution in [0.3, 0.4) is 0 Å². The van der Waals surface area contributed by atoms with Crippen LogP contribution in [-0.2, 0) is 4.79 Å². The van der Waals surface area contributed by atoms with Crippen LogP contribution in [0.1, 0.15) is 18.1 Å². The molecule has 0 aliphatic carbocycles. The number of hydrogen-bond donors (Lipinski definition) is 2. The van der Waals surface area contributed by atoms with Gasteiger partial charge in [0.2, 0.25) is 5.91 Å². The average molecular weight is 474 g/mol. The molecule has 3 N–H and O–H groups in total. The fourth-order valence-electron chi connectivity index (χ4n) is 2.88. The lowest BCUT2D eigenvalue weighted by Gasteiger charge is -2.14. The number of amides is 3. The number of aryl methyl sites for hydroxylation is 2. The van der Waals surface area contributed by atoms with Gasteiger partial charge in [-0.1, -0.05) is 45.9 Å². The number of carbonyl (C=O) groups excluding carboxylic acids is 2. The third-order valence-corrected chi connectivity index (χ3v) is 5.67. The minimum Gasteiger partial charge on any atom is -0.351 e. The van der Waals surface area contributed by atoms with Crippen molar-refractivity contribution in [1.29, 1.82) is 0 Å². The molecule has 0 radical (unpaired) electrons. The Kier molecular flexibility index (Phi) is 6.39. The number of hydrogen-bond acceptors (Lipinski definition) is 5. The Morgan fingerprint density at radius 3 is 2.31 bits per heavy atom. The van der Waals surface area contributed by atoms with Crippen LogP contribution in [0.25, 0.3) is 17.1 Å². The molecule has 29 heavy (non-hydrogen) atoms. The van der Waals surface area contributed by atoms with Crippen molar-refractivity contribution in [3.63, 3.8) is 0 Å². The maximum Gasteiger partial charge on any atom is 0.318 e. The van der Waals surface area contributed by atoms with Gasteiger partial charge >= 0.3 is 6.03 Å². The third kappa shape index (κ3) is 5.04. The number of primary amides is 1. The van der Waals surface area contributed by atoms with Gasteiger partial charge in [0.1, 0.15) is 0 Å². The normalized spacial score (nSPS) is 11.9. The second-order valence-electron chi connectivity index (χ2n) is 6.61. The predicted molar refractivity (Wildman–Crippen MR) is 117 cm³/mol. The van der Waals surface area contributed by atoms with E-state index in [4.69, 9.17) is 5.73 Å². The molecule has 3 amide bonds. The molecule has 0 fully saturated rings. The number of rotatable bonds is 5. The lowest BCUT2D eigenvalue weighted by atomic mass is 10.1. The maximum absolute atomic E-state index is 12.1. The SMILES string of the molecule is Cc1cc(C)cc(-n2c(SC(C)C(=O)NC(N)=O)nnc2-c2ccc(Br)cc2)c1. The third-order valence-electron chi connectivity index (χ3n) is 4.10. The van der Waals surface area contributed by atoms with Gasteiger partial charge in [0, 0.05) is 10.0 Å². The van der Waals surface area contributed by atoms with E-state index in [9.17, 15) is 9.59 Å². The number of urea groups is 1. The molecule has 150 valence electrons. The Morgan fingerprint density at radius 1 is 1.10 bits per heavy atom. The first-order valence-electron chi connectivity index (χ1n) is 8.81. The minimum absolute atomic E-state index is 0.484. The minimum atomic E-state index is -0.881. The quantitative estimate of drug-likeness (QED) is 0.545. The zero-order valence-corrected chi connectivity index (χ0v) is 18.5. The van der Waals surface area contributed by atoms with Crippen molar-refractivity contribution in [2.45, 2.75) is 31.2 Å². The average Bonchev–Trinajstić information content (AvgIpc) is 3.04.